The molecule has 2 heterocycles. The first-order valence-electron chi connectivity index (χ1n) is 11.2. The van der Waals surface area contributed by atoms with Gasteiger partial charge in [0, 0.05) is 37.8 Å². The zero-order chi connectivity index (χ0) is 21.1. The standard InChI is InChI=1S/C23H34N4O3.2ClH/c1-25-11-9-19(10-12-25)26-13-15-27(16-14-26)23(29)21(17-3-4-17)24-22(28)18-5-7-20(30-2)8-6-18;;/h5-8,17,19,21H,3-4,9-16H2,1-2H3,(H,24,28);2*1H/t21-;;/m1../s1. The molecule has 1 saturated carbocycles. The van der Waals surface area contributed by atoms with Crippen molar-refractivity contribution in [2.45, 2.75) is 37.8 Å². The molecule has 4 rings (SSSR count). The first-order valence-corrected chi connectivity index (χ1v) is 11.2. The molecule has 9 heteroatoms. The van der Waals surface area contributed by atoms with Gasteiger partial charge in [0.25, 0.3) is 5.91 Å². The number of amides is 2. The Labute approximate surface area is 203 Å². The summed E-state index contributed by atoms with van der Waals surface area (Å²) in [6.07, 6.45) is 4.45. The van der Waals surface area contributed by atoms with Gasteiger partial charge in [0.2, 0.25) is 5.91 Å². The van der Waals surface area contributed by atoms with E-state index in [9.17, 15) is 9.59 Å². The lowest BCUT2D eigenvalue weighted by Crippen LogP contribution is -2.58. The van der Waals surface area contributed by atoms with Gasteiger partial charge in [-0.2, -0.15) is 0 Å². The number of benzene rings is 1. The van der Waals surface area contributed by atoms with Gasteiger partial charge in [0.05, 0.1) is 7.11 Å². The van der Waals surface area contributed by atoms with E-state index in [1.165, 1.54) is 12.8 Å². The van der Waals surface area contributed by atoms with Crippen molar-refractivity contribution in [3.63, 3.8) is 0 Å². The van der Waals surface area contributed by atoms with Gasteiger partial charge >= 0.3 is 0 Å². The van der Waals surface area contributed by atoms with Crippen LogP contribution in [0, 0.1) is 5.92 Å². The second-order valence-electron chi connectivity index (χ2n) is 8.91. The summed E-state index contributed by atoms with van der Waals surface area (Å²) in [5, 5.41) is 3.02. The molecule has 1 aromatic rings. The molecule has 0 unspecified atom stereocenters. The van der Waals surface area contributed by atoms with Gasteiger partial charge in [-0.25, -0.2) is 0 Å². The molecular formula is C23H36Cl2N4O3. The van der Waals surface area contributed by atoms with E-state index in [4.69, 9.17) is 4.74 Å². The molecule has 2 amide bonds. The Bertz CT molecular complexity index is 744. The Morgan fingerprint density at radius 2 is 1.53 bits per heavy atom. The minimum atomic E-state index is -0.408. The van der Waals surface area contributed by atoms with Crippen LogP contribution in [0.25, 0.3) is 0 Å². The molecule has 3 aliphatic rings. The van der Waals surface area contributed by atoms with Crippen LogP contribution in [0.1, 0.15) is 36.0 Å². The van der Waals surface area contributed by atoms with E-state index in [1.807, 2.05) is 4.90 Å². The van der Waals surface area contributed by atoms with E-state index in [0.717, 1.165) is 52.1 Å². The van der Waals surface area contributed by atoms with Crippen LogP contribution in [0.3, 0.4) is 0 Å². The van der Waals surface area contributed by atoms with E-state index in [2.05, 4.69) is 22.2 Å². The van der Waals surface area contributed by atoms with Crippen LogP contribution in [0.5, 0.6) is 5.75 Å². The Morgan fingerprint density at radius 1 is 0.938 bits per heavy atom. The zero-order valence-corrected chi connectivity index (χ0v) is 20.6. The molecule has 0 aromatic heterocycles. The molecule has 2 saturated heterocycles. The number of carbonyl (C=O) groups excluding carboxylic acids is 2. The van der Waals surface area contributed by atoms with Crippen LogP contribution >= 0.6 is 24.8 Å². The highest BCUT2D eigenvalue weighted by Crippen LogP contribution is 2.34. The van der Waals surface area contributed by atoms with Crippen molar-refractivity contribution in [3.05, 3.63) is 29.8 Å². The third-order valence-corrected chi connectivity index (χ3v) is 6.83. The third-order valence-electron chi connectivity index (χ3n) is 6.83. The van der Waals surface area contributed by atoms with Gasteiger partial charge in [0.1, 0.15) is 11.8 Å². The SMILES string of the molecule is COc1ccc(C(=O)N[C@@H](C(=O)N2CCN(C3CCN(C)CC3)CC2)C2CC2)cc1.Cl.Cl. The third kappa shape index (κ3) is 6.50. The number of piperazine rings is 1. The average molecular weight is 487 g/mol. The number of nitrogens with zero attached hydrogens (tertiary/aromatic N) is 3. The molecular weight excluding hydrogens is 451 g/mol. The largest absolute Gasteiger partial charge is 0.497 e. The minimum Gasteiger partial charge on any atom is -0.497 e. The minimum absolute atomic E-state index is 0. The van der Waals surface area contributed by atoms with E-state index in [0.29, 0.717) is 17.4 Å². The van der Waals surface area contributed by atoms with Gasteiger partial charge in [-0.3, -0.25) is 14.5 Å². The van der Waals surface area contributed by atoms with Crippen molar-refractivity contribution in [3.8, 4) is 5.75 Å². The van der Waals surface area contributed by atoms with Crippen LogP contribution < -0.4 is 10.1 Å². The quantitative estimate of drug-likeness (QED) is 0.667. The number of piperidine rings is 1. The Balaban J connectivity index is 0.00000181. The van der Waals surface area contributed by atoms with E-state index < -0.39 is 6.04 Å². The predicted octanol–water partition coefficient (Wildman–Crippen LogP) is 2.29. The van der Waals surface area contributed by atoms with Crippen LogP contribution in [-0.4, -0.2) is 92.0 Å². The molecule has 32 heavy (non-hydrogen) atoms. The van der Waals surface area contributed by atoms with E-state index in [1.54, 1.807) is 31.4 Å². The molecule has 1 atom stereocenters. The predicted molar refractivity (Wildman–Crippen MR) is 130 cm³/mol. The lowest BCUT2D eigenvalue weighted by atomic mass is 10.0. The Kier molecular flexibility index (Phi) is 10.1. The number of carbonyl (C=O) groups is 2. The number of nitrogens with one attached hydrogen (secondary N) is 1. The maximum atomic E-state index is 13.2. The summed E-state index contributed by atoms with van der Waals surface area (Å²) in [5.74, 6) is 0.880. The summed E-state index contributed by atoms with van der Waals surface area (Å²) < 4.78 is 5.15. The van der Waals surface area contributed by atoms with Crippen molar-refractivity contribution in [2.75, 3.05) is 53.4 Å². The van der Waals surface area contributed by atoms with Crippen LogP contribution in [0.15, 0.2) is 24.3 Å². The number of hydrogen-bond acceptors (Lipinski definition) is 5. The smallest absolute Gasteiger partial charge is 0.251 e. The maximum absolute atomic E-state index is 13.2. The number of likely N-dealkylation sites (tertiary alicyclic amines) is 1. The molecule has 0 spiro atoms. The van der Waals surface area contributed by atoms with Gasteiger partial charge in [-0.1, -0.05) is 0 Å². The number of ether oxygens (including phenoxy) is 1. The van der Waals surface area contributed by atoms with E-state index >= 15 is 0 Å². The van der Waals surface area contributed by atoms with Gasteiger partial charge < -0.3 is 19.9 Å². The van der Waals surface area contributed by atoms with Gasteiger partial charge in [-0.15, -0.1) is 24.8 Å². The Morgan fingerprint density at radius 3 is 2.06 bits per heavy atom. The molecule has 1 aromatic carbocycles. The van der Waals surface area contributed by atoms with Crippen molar-refractivity contribution >= 4 is 36.6 Å². The highest BCUT2D eigenvalue weighted by molar-refractivity contribution is 5.97. The molecule has 0 radical (unpaired) electrons. The van der Waals surface area contributed by atoms with Crippen LogP contribution in [0.2, 0.25) is 0 Å². The fraction of sp³-hybridized carbons (Fsp3) is 0.652. The number of methoxy groups -OCH3 is 1. The second-order valence-corrected chi connectivity index (χ2v) is 8.91. The first kappa shape index (κ1) is 26.7. The van der Waals surface area contributed by atoms with Crippen molar-refractivity contribution in [2.24, 2.45) is 5.92 Å². The number of hydrogen-bond donors (Lipinski definition) is 1. The molecule has 180 valence electrons. The summed E-state index contributed by atoms with van der Waals surface area (Å²) in [4.78, 5) is 32.9. The number of halogens is 2. The normalized spacial score (nSPS) is 21.1. The van der Waals surface area contributed by atoms with E-state index in [-0.39, 0.29) is 42.5 Å². The summed E-state index contributed by atoms with van der Waals surface area (Å²) in [6, 6.07) is 7.25. The molecule has 2 aliphatic heterocycles. The second kappa shape index (κ2) is 12.1. The maximum Gasteiger partial charge on any atom is 0.251 e. The number of rotatable bonds is 6. The molecule has 7 nitrogen and oxygen atoms in total. The Hall–Kier alpha value is -1.54. The fourth-order valence-electron chi connectivity index (χ4n) is 4.64. The van der Waals surface area contributed by atoms with Gasteiger partial charge in [0.15, 0.2) is 0 Å². The lowest BCUT2D eigenvalue weighted by molar-refractivity contribution is -0.136. The molecule has 0 bridgehead atoms. The summed E-state index contributed by atoms with van der Waals surface area (Å²) in [5.41, 5.74) is 0.557. The van der Waals surface area contributed by atoms with Crippen molar-refractivity contribution in [1.82, 2.24) is 20.0 Å². The highest BCUT2D eigenvalue weighted by Gasteiger charge is 2.40. The van der Waals surface area contributed by atoms with Crippen LogP contribution in [-0.2, 0) is 4.79 Å². The lowest BCUT2D eigenvalue weighted by Gasteiger charge is -2.42. The highest BCUT2D eigenvalue weighted by atomic mass is 35.5. The topological polar surface area (TPSA) is 65.1 Å². The monoisotopic (exact) mass is 486 g/mol. The average Bonchev–Trinajstić information content (AvgIpc) is 3.63. The zero-order valence-electron chi connectivity index (χ0n) is 19.0. The van der Waals surface area contributed by atoms with Crippen LogP contribution in [0.4, 0.5) is 0 Å². The molecule has 1 N–H and O–H groups in total. The van der Waals surface area contributed by atoms with Gasteiger partial charge in [-0.05, 0) is 76.0 Å². The van der Waals surface area contributed by atoms with Crippen molar-refractivity contribution in [1.29, 1.82) is 0 Å². The molecule has 3 fully saturated rings. The summed E-state index contributed by atoms with van der Waals surface area (Å²) >= 11 is 0. The first-order chi connectivity index (χ1) is 14.5. The van der Waals surface area contributed by atoms with Crippen molar-refractivity contribution < 1.29 is 14.3 Å². The summed E-state index contributed by atoms with van der Waals surface area (Å²) in [7, 11) is 3.79. The molecule has 1 aliphatic carbocycles. The summed E-state index contributed by atoms with van der Waals surface area (Å²) in [6.45, 7) is 5.70. The fourth-order valence-corrected chi connectivity index (χ4v) is 4.64.